The number of oxazole rings is 1. The summed E-state index contributed by atoms with van der Waals surface area (Å²) in [5.41, 5.74) is 1.30. The molecule has 0 atom stereocenters. The molecule has 3 aromatic rings. The highest BCUT2D eigenvalue weighted by Crippen LogP contribution is 2.41. The van der Waals surface area contributed by atoms with Crippen LogP contribution in [0.3, 0.4) is 0 Å². The van der Waals surface area contributed by atoms with Crippen LogP contribution in [-0.2, 0) is 0 Å². The number of aromatic nitrogens is 1. The van der Waals surface area contributed by atoms with Crippen LogP contribution in [0.2, 0.25) is 0 Å². The summed E-state index contributed by atoms with van der Waals surface area (Å²) < 4.78 is 38.9. The molecule has 0 aliphatic carbocycles. The fourth-order valence-electron chi connectivity index (χ4n) is 2.24. The van der Waals surface area contributed by atoms with Crippen LogP contribution in [0.4, 0.5) is 14.5 Å². The Kier molecular flexibility index (Phi) is 3.38. The molecule has 116 valence electrons. The lowest BCUT2D eigenvalue weighted by Gasteiger charge is -1.99. The second-order valence-electron chi connectivity index (χ2n) is 4.79. The van der Waals surface area contributed by atoms with E-state index in [1.54, 1.807) is 0 Å². The number of hydrogen-bond donors (Lipinski definition) is 1. The lowest BCUT2D eigenvalue weighted by Crippen LogP contribution is -1.96. The highest BCUT2D eigenvalue weighted by atomic mass is 79.9. The Hall–Kier alpha value is -1.93. The number of fused-ring (bicyclic) bond motifs is 2. The van der Waals surface area contributed by atoms with Gasteiger partial charge < -0.3 is 14.5 Å². The molecule has 8 heteroatoms. The third kappa shape index (κ3) is 2.61. The fraction of sp³-hybridized carbons (Fsp3) is 0. The maximum Gasteiger partial charge on any atom is 0.225 e. The van der Waals surface area contributed by atoms with Crippen LogP contribution in [0.1, 0.15) is 5.89 Å². The van der Waals surface area contributed by atoms with Crippen LogP contribution < -0.4 is 10.1 Å². The van der Waals surface area contributed by atoms with E-state index in [1.165, 1.54) is 30.3 Å². The number of anilines is 1. The predicted octanol–water partition coefficient (Wildman–Crippen LogP) is 5.43. The third-order valence-electron chi connectivity index (χ3n) is 3.16. The lowest BCUT2D eigenvalue weighted by molar-refractivity contribution is 0.456. The van der Waals surface area contributed by atoms with Crippen molar-refractivity contribution in [3.05, 3.63) is 56.6 Å². The molecule has 1 aliphatic rings. The van der Waals surface area contributed by atoms with Crippen molar-refractivity contribution < 1.29 is 17.9 Å². The largest absolute Gasteiger partial charge is 0.437 e. The van der Waals surface area contributed by atoms with Gasteiger partial charge in [0.2, 0.25) is 11.8 Å². The first-order valence-electron chi connectivity index (χ1n) is 6.41. The number of nitrogens with zero attached hydrogens (tertiary/aromatic N) is 1. The molecule has 1 aliphatic heterocycles. The van der Waals surface area contributed by atoms with Crippen molar-refractivity contribution in [2.24, 2.45) is 0 Å². The molecule has 0 saturated carbocycles. The van der Waals surface area contributed by atoms with Crippen molar-refractivity contribution >= 4 is 54.7 Å². The summed E-state index contributed by atoms with van der Waals surface area (Å²) in [6.45, 7) is 0. The maximum absolute atomic E-state index is 13.4. The molecule has 2 aromatic carbocycles. The number of halogens is 4. The molecule has 0 bridgehead atoms. The van der Waals surface area contributed by atoms with Gasteiger partial charge in [-0.3, -0.25) is 0 Å². The van der Waals surface area contributed by atoms with Crippen LogP contribution in [0.15, 0.2) is 43.5 Å². The quantitative estimate of drug-likeness (QED) is 0.544. The highest BCUT2D eigenvalue weighted by Gasteiger charge is 2.22. The Labute approximate surface area is 145 Å². The van der Waals surface area contributed by atoms with E-state index in [1.807, 2.05) is 0 Å². The van der Waals surface area contributed by atoms with Crippen LogP contribution in [0.5, 0.6) is 5.75 Å². The Morgan fingerprint density at radius 1 is 1.04 bits per heavy atom. The van der Waals surface area contributed by atoms with Crippen molar-refractivity contribution in [2.75, 3.05) is 5.32 Å². The van der Waals surface area contributed by atoms with Crippen molar-refractivity contribution in [3.63, 3.8) is 0 Å². The van der Waals surface area contributed by atoms with E-state index in [9.17, 15) is 8.78 Å². The molecule has 4 rings (SSSR count). The molecule has 4 nitrogen and oxygen atoms in total. The van der Waals surface area contributed by atoms with Crippen LogP contribution in [0, 0.1) is 11.6 Å². The van der Waals surface area contributed by atoms with Gasteiger partial charge in [0.05, 0.1) is 20.7 Å². The SMILES string of the molecule is Fc1cc(Br)c2c(c1)N/C(=C\c1nc3cc(F)cc(Br)c3o1)O2. The summed E-state index contributed by atoms with van der Waals surface area (Å²) in [6.07, 6.45) is 1.51. The van der Waals surface area contributed by atoms with Gasteiger partial charge >= 0.3 is 0 Å². The average Bonchev–Trinajstić information content (AvgIpc) is 3.02. The average molecular weight is 444 g/mol. The summed E-state index contributed by atoms with van der Waals surface area (Å²) in [6, 6.07) is 5.20. The van der Waals surface area contributed by atoms with E-state index in [0.29, 0.717) is 37.4 Å². The number of ether oxygens (including phenoxy) is 1. The van der Waals surface area contributed by atoms with Crippen LogP contribution in [-0.4, -0.2) is 4.98 Å². The summed E-state index contributed by atoms with van der Waals surface area (Å²) in [5, 5.41) is 2.92. The number of nitrogens with one attached hydrogen (secondary N) is 1. The molecule has 0 spiro atoms. The first kappa shape index (κ1) is 14.6. The fourth-order valence-corrected chi connectivity index (χ4v) is 3.26. The van der Waals surface area contributed by atoms with Gasteiger partial charge in [-0.25, -0.2) is 13.8 Å². The van der Waals surface area contributed by atoms with Gasteiger partial charge in [-0.15, -0.1) is 0 Å². The Morgan fingerprint density at radius 3 is 2.61 bits per heavy atom. The summed E-state index contributed by atoms with van der Waals surface area (Å²) >= 11 is 6.46. The zero-order valence-electron chi connectivity index (χ0n) is 11.2. The molecular formula is C15H6Br2F2N2O2. The zero-order chi connectivity index (χ0) is 16.1. The summed E-state index contributed by atoms with van der Waals surface area (Å²) in [5.74, 6) is 0.224. The van der Waals surface area contributed by atoms with E-state index in [-0.39, 0.29) is 5.89 Å². The number of rotatable bonds is 1. The molecule has 0 unspecified atom stereocenters. The lowest BCUT2D eigenvalue weighted by atomic mass is 10.3. The van der Waals surface area contributed by atoms with Gasteiger partial charge in [0, 0.05) is 12.1 Å². The van der Waals surface area contributed by atoms with Crippen LogP contribution >= 0.6 is 31.9 Å². The minimum absolute atomic E-state index is 0.234. The van der Waals surface area contributed by atoms with Gasteiger partial charge in [-0.2, -0.15) is 0 Å². The van der Waals surface area contributed by atoms with Gasteiger partial charge in [-0.05, 0) is 44.0 Å². The Morgan fingerprint density at radius 2 is 1.78 bits per heavy atom. The molecule has 2 heterocycles. The van der Waals surface area contributed by atoms with E-state index < -0.39 is 11.6 Å². The minimum atomic E-state index is -0.418. The third-order valence-corrected chi connectivity index (χ3v) is 4.34. The van der Waals surface area contributed by atoms with E-state index in [2.05, 4.69) is 42.2 Å². The van der Waals surface area contributed by atoms with E-state index in [0.717, 1.165) is 0 Å². The first-order valence-corrected chi connectivity index (χ1v) is 7.99. The second-order valence-corrected chi connectivity index (χ2v) is 6.50. The topological polar surface area (TPSA) is 47.3 Å². The maximum atomic E-state index is 13.4. The molecule has 1 N–H and O–H groups in total. The number of benzene rings is 2. The molecule has 0 saturated heterocycles. The monoisotopic (exact) mass is 442 g/mol. The summed E-state index contributed by atoms with van der Waals surface area (Å²) in [4.78, 5) is 4.18. The minimum Gasteiger partial charge on any atom is -0.437 e. The van der Waals surface area contributed by atoms with Crippen molar-refractivity contribution in [1.82, 2.24) is 4.98 Å². The van der Waals surface area contributed by atoms with E-state index in [4.69, 9.17) is 9.15 Å². The molecule has 0 radical (unpaired) electrons. The smallest absolute Gasteiger partial charge is 0.225 e. The summed E-state index contributed by atoms with van der Waals surface area (Å²) in [7, 11) is 0. The van der Waals surface area contributed by atoms with Gasteiger partial charge in [0.1, 0.15) is 17.2 Å². The molecule has 23 heavy (non-hydrogen) atoms. The second kappa shape index (κ2) is 5.31. The highest BCUT2D eigenvalue weighted by molar-refractivity contribution is 9.11. The van der Waals surface area contributed by atoms with Crippen molar-refractivity contribution in [2.45, 2.75) is 0 Å². The normalized spacial score (nSPS) is 14.9. The molecular weight excluding hydrogens is 438 g/mol. The van der Waals surface area contributed by atoms with Gasteiger partial charge in [0.25, 0.3) is 0 Å². The molecule has 0 fully saturated rings. The zero-order valence-corrected chi connectivity index (χ0v) is 14.3. The number of hydrogen-bond acceptors (Lipinski definition) is 4. The standard InChI is InChI=1S/C15H6Br2F2N2O2/c16-8-1-6(18)3-10-14(8)22-12(20-10)5-13-21-11-4-7(19)2-9(17)15(11)23-13/h1-5,20H/b12-5+. The van der Waals surface area contributed by atoms with Crippen LogP contribution in [0.25, 0.3) is 17.2 Å². The van der Waals surface area contributed by atoms with Gasteiger partial charge in [-0.1, -0.05) is 0 Å². The molecule has 1 aromatic heterocycles. The first-order chi connectivity index (χ1) is 11.0. The van der Waals surface area contributed by atoms with Gasteiger partial charge in [0.15, 0.2) is 11.3 Å². The predicted molar refractivity (Wildman–Crippen MR) is 88.0 cm³/mol. The molecule has 0 amide bonds. The van der Waals surface area contributed by atoms with Crippen molar-refractivity contribution in [3.8, 4) is 5.75 Å². The Balaban J connectivity index is 1.72. The van der Waals surface area contributed by atoms with E-state index >= 15 is 0 Å². The Bertz CT molecular complexity index is 985. The van der Waals surface area contributed by atoms with Crippen molar-refractivity contribution in [1.29, 1.82) is 0 Å².